The molecule has 0 aliphatic carbocycles. The van der Waals surface area contributed by atoms with Gasteiger partial charge in [0.25, 0.3) is 5.66 Å². The second-order valence-electron chi connectivity index (χ2n) is 3.52. The van der Waals surface area contributed by atoms with Crippen molar-refractivity contribution >= 4 is 14.0 Å². The average molecular weight is 239 g/mol. The van der Waals surface area contributed by atoms with E-state index in [9.17, 15) is 9.36 Å². The second-order valence-corrected chi connectivity index (χ2v) is 4.89. The lowest BCUT2D eigenvalue weighted by molar-refractivity contribution is -0.146. The Balaban J connectivity index is 2.00. The monoisotopic (exact) mass is 239 g/mol. The fraction of sp³-hybridized carbons (Fsp3) is 0.364. The molecular weight excluding hydrogens is 227 g/mol. The zero-order chi connectivity index (χ0) is 11.4. The van der Waals surface area contributed by atoms with E-state index >= 15 is 0 Å². The summed E-state index contributed by atoms with van der Waals surface area (Å²) in [6.45, 7) is 0.420. The molecule has 16 heavy (non-hydrogen) atoms. The maximum absolute atomic E-state index is 11.8. The molecule has 0 radical (unpaired) electrons. The summed E-state index contributed by atoms with van der Waals surface area (Å²) in [4.78, 5) is 11.3. The summed E-state index contributed by atoms with van der Waals surface area (Å²) in [7, 11) is -2.04. The minimum Gasteiger partial charge on any atom is -0.462 e. The van der Waals surface area contributed by atoms with Gasteiger partial charge in [0.15, 0.2) is 5.75 Å². The van der Waals surface area contributed by atoms with Crippen LogP contribution in [0, 0.1) is 0 Å². The zero-order valence-corrected chi connectivity index (χ0v) is 9.56. The number of esters is 1. The predicted octanol–water partition coefficient (Wildman–Crippen LogP) is 2.51. The molecule has 0 spiro atoms. The topological polar surface area (TPSA) is 52.6 Å². The molecule has 0 aromatic heterocycles. The Bertz CT molecular complexity index is 390. The number of ether oxygens (including phenoxy) is 1. The first kappa shape index (κ1) is 11.1. The molecule has 4 nitrogen and oxygen atoms in total. The van der Waals surface area contributed by atoms with Gasteiger partial charge < -0.3 is 4.74 Å². The predicted molar refractivity (Wildman–Crippen MR) is 58.7 cm³/mol. The van der Waals surface area contributed by atoms with Crippen LogP contribution in [-0.2, 0) is 14.1 Å². The van der Waals surface area contributed by atoms with Gasteiger partial charge >= 0.3 is 14.0 Å². The van der Waals surface area contributed by atoms with Gasteiger partial charge in [-0.1, -0.05) is 18.2 Å². The van der Waals surface area contributed by atoms with Crippen molar-refractivity contribution in [2.24, 2.45) is 0 Å². The van der Waals surface area contributed by atoms with Gasteiger partial charge in [0.2, 0.25) is 0 Å². The highest BCUT2D eigenvalue weighted by Crippen LogP contribution is 2.36. The zero-order valence-electron chi connectivity index (χ0n) is 8.67. The van der Waals surface area contributed by atoms with E-state index in [0.717, 1.165) is 6.42 Å². The fourth-order valence-electron chi connectivity index (χ4n) is 1.50. The molecule has 0 amide bonds. The average Bonchev–Trinajstić information content (AvgIpc) is 2.31. The van der Waals surface area contributed by atoms with Crippen molar-refractivity contribution in [3.05, 3.63) is 30.3 Å². The molecule has 1 fully saturated rings. The van der Waals surface area contributed by atoms with E-state index in [-0.39, 0.29) is 0 Å². The van der Waals surface area contributed by atoms with E-state index in [1.807, 2.05) is 6.07 Å². The Morgan fingerprint density at radius 1 is 1.31 bits per heavy atom. The fourth-order valence-corrected chi connectivity index (χ4v) is 2.60. The normalized spacial score (nSPS) is 21.1. The number of hydrogen-bond donors (Lipinski definition) is 0. The van der Waals surface area contributed by atoms with Crippen LogP contribution in [-0.4, -0.2) is 18.2 Å². The van der Waals surface area contributed by atoms with Crippen molar-refractivity contribution in [2.75, 3.05) is 6.61 Å². The molecule has 1 aliphatic heterocycles. The third-order valence-corrected chi connectivity index (χ3v) is 3.70. The summed E-state index contributed by atoms with van der Waals surface area (Å²) in [6, 6.07) is 8.84. The Morgan fingerprint density at radius 2 is 2.06 bits per heavy atom. The van der Waals surface area contributed by atoms with E-state index in [1.165, 1.54) is 0 Å². The third kappa shape index (κ3) is 2.58. The number of benzene rings is 1. The van der Waals surface area contributed by atoms with Crippen molar-refractivity contribution in [3.63, 3.8) is 0 Å². The van der Waals surface area contributed by atoms with Gasteiger partial charge in [0.1, 0.15) is 0 Å². The number of carbonyl (C=O) groups is 1. The van der Waals surface area contributed by atoms with Crippen LogP contribution in [0.5, 0.6) is 5.75 Å². The van der Waals surface area contributed by atoms with Crippen LogP contribution < -0.4 is 4.52 Å². The first-order chi connectivity index (χ1) is 7.77. The van der Waals surface area contributed by atoms with Crippen LogP contribution in [0.15, 0.2) is 30.3 Å². The molecule has 84 valence electrons. The minimum absolute atomic E-state index is 0.414. The van der Waals surface area contributed by atoms with Gasteiger partial charge in [0.05, 0.1) is 6.61 Å². The highest BCUT2D eigenvalue weighted by Gasteiger charge is 2.43. The van der Waals surface area contributed by atoms with Gasteiger partial charge in [-0.3, -0.25) is 4.52 Å². The van der Waals surface area contributed by atoms with Gasteiger partial charge in [-0.25, -0.2) is 4.79 Å². The van der Waals surface area contributed by atoms with E-state index in [1.54, 1.807) is 24.3 Å². The van der Waals surface area contributed by atoms with Crippen LogP contribution in [0.25, 0.3) is 0 Å². The Hall–Kier alpha value is -1.41. The standard InChI is InChI=1S/C11H12O4P/c12-11-10(7-4-8-14-11)16(13)15-9-5-2-1-3-6-9/h1-3,5-6,10H,4,7-8H2/q+1. The van der Waals surface area contributed by atoms with Crippen LogP contribution in [0.2, 0.25) is 0 Å². The lowest BCUT2D eigenvalue weighted by Gasteiger charge is -2.12. The number of para-hydroxylation sites is 1. The summed E-state index contributed by atoms with van der Waals surface area (Å²) < 4.78 is 21.9. The van der Waals surface area contributed by atoms with Crippen molar-refractivity contribution in [2.45, 2.75) is 18.5 Å². The highest BCUT2D eigenvalue weighted by molar-refractivity contribution is 7.41. The molecule has 0 saturated carbocycles. The molecule has 1 aromatic carbocycles. The Labute approximate surface area is 94.4 Å². The molecule has 2 rings (SSSR count). The van der Waals surface area contributed by atoms with Crippen molar-refractivity contribution < 1.29 is 18.6 Å². The van der Waals surface area contributed by atoms with Gasteiger partial charge in [-0.15, -0.1) is 0 Å². The van der Waals surface area contributed by atoms with Crippen LogP contribution in [0.3, 0.4) is 0 Å². The van der Waals surface area contributed by atoms with Gasteiger partial charge in [-0.2, -0.15) is 0 Å². The maximum Gasteiger partial charge on any atom is 0.571 e. The van der Waals surface area contributed by atoms with Crippen LogP contribution >= 0.6 is 8.03 Å². The molecule has 1 heterocycles. The molecular formula is C11H12O4P+. The first-order valence-corrected chi connectivity index (χ1v) is 6.38. The van der Waals surface area contributed by atoms with Crippen LogP contribution in [0.1, 0.15) is 12.8 Å². The van der Waals surface area contributed by atoms with Crippen molar-refractivity contribution in [3.8, 4) is 5.75 Å². The summed E-state index contributed by atoms with van der Waals surface area (Å²) >= 11 is 0. The number of rotatable bonds is 3. The van der Waals surface area contributed by atoms with E-state index in [4.69, 9.17) is 9.26 Å². The van der Waals surface area contributed by atoms with Crippen molar-refractivity contribution in [1.82, 2.24) is 0 Å². The highest BCUT2D eigenvalue weighted by atomic mass is 31.1. The first-order valence-electron chi connectivity index (χ1n) is 5.13. The van der Waals surface area contributed by atoms with E-state index < -0.39 is 19.7 Å². The summed E-state index contributed by atoms with van der Waals surface area (Å²) in [5, 5.41) is 0. The lowest BCUT2D eigenvalue weighted by Crippen LogP contribution is -2.27. The summed E-state index contributed by atoms with van der Waals surface area (Å²) in [6.07, 6.45) is 1.32. The van der Waals surface area contributed by atoms with Gasteiger partial charge in [-0.05, 0) is 23.1 Å². The van der Waals surface area contributed by atoms with E-state index in [2.05, 4.69) is 0 Å². The van der Waals surface area contributed by atoms with Crippen molar-refractivity contribution in [1.29, 1.82) is 0 Å². The molecule has 0 N–H and O–H groups in total. The molecule has 2 atom stereocenters. The smallest absolute Gasteiger partial charge is 0.462 e. The Morgan fingerprint density at radius 3 is 2.75 bits per heavy atom. The molecule has 1 saturated heterocycles. The third-order valence-electron chi connectivity index (χ3n) is 2.33. The molecule has 5 heteroatoms. The summed E-state index contributed by atoms with van der Waals surface area (Å²) in [5.41, 5.74) is -0.621. The quantitative estimate of drug-likeness (QED) is 0.600. The number of cyclic esters (lactones) is 1. The number of hydrogen-bond acceptors (Lipinski definition) is 4. The SMILES string of the molecule is O=C1OCCCC1[P+](=O)Oc1ccccc1. The molecule has 2 unspecified atom stereocenters. The Kier molecular flexibility index (Phi) is 3.52. The molecule has 1 aliphatic rings. The lowest BCUT2D eigenvalue weighted by atomic mass is 10.2. The second kappa shape index (κ2) is 5.08. The largest absolute Gasteiger partial charge is 0.571 e. The minimum atomic E-state index is -2.04. The summed E-state index contributed by atoms with van der Waals surface area (Å²) in [5.74, 6) is 0.102. The van der Waals surface area contributed by atoms with Crippen LogP contribution in [0.4, 0.5) is 0 Å². The maximum atomic E-state index is 11.8. The van der Waals surface area contributed by atoms with Gasteiger partial charge in [0, 0.05) is 6.42 Å². The molecule has 0 bridgehead atoms. The van der Waals surface area contributed by atoms with E-state index in [0.29, 0.717) is 18.8 Å². The molecule has 1 aromatic rings. The number of carbonyl (C=O) groups excluding carboxylic acids is 1.